The third-order valence-electron chi connectivity index (χ3n) is 4.07. The molecule has 1 saturated carbocycles. The van der Waals surface area contributed by atoms with Crippen molar-refractivity contribution in [2.24, 2.45) is 0 Å². The summed E-state index contributed by atoms with van der Waals surface area (Å²) in [6.45, 7) is 2.42. The smallest absolute Gasteiger partial charge is 0.242 e. The molecule has 0 saturated heterocycles. The molecule has 2 aliphatic rings. The summed E-state index contributed by atoms with van der Waals surface area (Å²) in [4.78, 5) is 24.1. The van der Waals surface area contributed by atoms with Gasteiger partial charge in [0, 0.05) is 12.6 Å². The first-order valence-electron chi connectivity index (χ1n) is 7.54. The fraction of sp³-hybridized carbons (Fsp3) is 0.500. The normalized spacial score (nSPS) is 22.0. The van der Waals surface area contributed by atoms with E-state index in [4.69, 9.17) is 0 Å². The average Bonchev–Trinajstić information content (AvgIpc) is 3.30. The van der Waals surface area contributed by atoms with Gasteiger partial charge >= 0.3 is 0 Å². The van der Waals surface area contributed by atoms with E-state index < -0.39 is 6.04 Å². The Hall–Kier alpha value is -1.88. The monoisotopic (exact) mass is 287 g/mol. The Morgan fingerprint density at radius 1 is 1.24 bits per heavy atom. The molecule has 5 nitrogen and oxygen atoms in total. The molecule has 3 rings (SSSR count). The van der Waals surface area contributed by atoms with E-state index in [1.807, 2.05) is 12.1 Å². The second-order valence-electron chi connectivity index (χ2n) is 5.92. The van der Waals surface area contributed by atoms with Crippen LogP contribution in [-0.4, -0.2) is 29.9 Å². The van der Waals surface area contributed by atoms with Gasteiger partial charge in [-0.25, -0.2) is 0 Å². The van der Waals surface area contributed by atoms with Gasteiger partial charge in [0.1, 0.15) is 6.04 Å². The maximum atomic E-state index is 12.3. The van der Waals surface area contributed by atoms with Gasteiger partial charge < -0.3 is 16.0 Å². The lowest BCUT2D eigenvalue weighted by atomic mass is 9.95. The van der Waals surface area contributed by atoms with Crippen molar-refractivity contribution in [1.82, 2.24) is 16.0 Å². The van der Waals surface area contributed by atoms with Crippen LogP contribution < -0.4 is 16.0 Å². The van der Waals surface area contributed by atoms with E-state index in [2.05, 4.69) is 28.1 Å². The zero-order chi connectivity index (χ0) is 14.8. The van der Waals surface area contributed by atoms with Crippen molar-refractivity contribution < 1.29 is 9.59 Å². The molecule has 1 aliphatic heterocycles. The molecule has 3 N–H and O–H groups in total. The molecule has 112 valence electrons. The average molecular weight is 287 g/mol. The molecule has 0 radical (unpaired) electrons. The molecule has 1 heterocycles. The van der Waals surface area contributed by atoms with E-state index in [1.54, 1.807) is 6.92 Å². The molecule has 0 aromatic heterocycles. The molecule has 5 heteroatoms. The molecular formula is C16H21N3O2. The number of fused-ring (bicyclic) bond motifs is 1. The van der Waals surface area contributed by atoms with E-state index in [0.29, 0.717) is 19.0 Å². The molecule has 2 atom stereocenters. The molecular weight excluding hydrogens is 266 g/mol. The number of amides is 2. The first kappa shape index (κ1) is 14.1. The number of nitrogens with one attached hydrogen (secondary N) is 3. The maximum absolute atomic E-state index is 12.3. The Kier molecular flexibility index (Phi) is 3.92. The number of hydrogen-bond acceptors (Lipinski definition) is 3. The molecule has 1 fully saturated rings. The van der Waals surface area contributed by atoms with E-state index in [-0.39, 0.29) is 17.9 Å². The van der Waals surface area contributed by atoms with Gasteiger partial charge in [0.05, 0.1) is 6.04 Å². The predicted molar refractivity (Wildman–Crippen MR) is 79.5 cm³/mol. The summed E-state index contributed by atoms with van der Waals surface area (Å²) in [6, 6.07) is 7.68. The Labute approximate surface area is 124 Å². The molecule has 1 aromatic rings. The zero-order valence-corrected chi connectivity index (χ0v) is 12.2. The first-order valence-corrected chi connectivity index (χ1v) is 7.54. The zero-order valence-electron chi connectivity index (χ0n) is 12.2. The summed E-state index contributed by atoms with van der Waals surface area (Å²) in [5.74, 6) is -0.204. The van der Waals surface area contributed by atoms with Crippen molar-refractivity contribution in [2.45, 2.75) is 50.9 Å². The second kappa shape index (κ2) is 5.85. The third-order valence-corrected chi connectivity index (χ3v) is 4.07. The van der Waals surface area contributed by atoms with Crippen molar-refractivity contribution in [3.8, 4) is 0 Å². The van der Waals surface area contributed by atoms with Gasteiger partial charge in [-0.2, -0.15) is 0 Å². The Bertz CT molecular complexity index is 554. The topological polar surface area (TPSA) is 70.2 Å². The second-order valence-corrected chi connectivity index (χ2v) is 5.92. The molecule has 1 aromatic carbocycles. The highest BCUT2D eigenvalue weighted by Gasteiger charge is 2.29. The van der Waals surface area contributed by atoms with Crippen molar-refractivity contribution in [3.63, 3.8) is 0 Å². The van der Waals surface area contributed by atoms with E-state index >= 15 is 0 Å². The SMILES string of the molecule is CC(NC(=O)[C@H]1Cc2ccccc2CN1)C(=O)NC1CC1. The van der Waals surface area contributed by atoms with Gasteiger partial charge in [-0.1, -0.05) is 24.3 Å². The van der Waals surface area contributed by atoms with Crippen LogP contribution in [0.2, 0.25) is 0 Å². The van der Waals surface area contributed by atoms with Gasteiger partial charge in [-0.3, -0.25) is 9.59 Å². The van der Waals surface area contributed by atoms with Crippen LogP contribution >= 0.6 is 0 Å². The van der Waals surface area contributed by atoms with E-state index in [1.165, 1.54) is 11.1 Å². The van der Waals surface area contributed by atoms with Gasteiger partial charge in [-0.15, -0.1) is 0 Å². The molecule has 1 aliphatic carbocycles. The van der Waals surface area contributed by atoms with Gasteiger partial charge in [0.15, 0.2) is 0 Å². The standard InChI is InChI=1S/C16H21N3O2/c1-10(15(20)19-13-6-7-13)18-16(21)14-8-11-4-2-3-5-12(11)9-17-14/h2-5,10,13-14,17H,6-9H2,1H3,(H,18,21)(H,19,20)/t10?,14-/m1/s1. The van der Waals surface area contributed by atoms with Crippen molar-refractivity contribution in [1.29, 1.82) is 0 Å². The summed E-state index contributed by atoms with van der Waals surface area (Å²) < 4.78 is 0. The minimum Gasteiger partial charge on any atom is -0.352 e. The van der Waals surface area contributed by atoms with Gasteiger partial charge in [-0.05, 0) is 37.3 Å². The molecule has 1 unspecified atom stereocenters. The minimum atomic E-state index is -0.489. The highest BCUT2D eigenvalue weighted by Crippen LogP contribution is 2.19. The van der Waals surface area contributed by atoms with Gasteiger partial charge in [0.2, 0.25) is 11.8 Å². The summed E-state index contributed by atoms with van der Waals surface area (Å²) in [7, 11) is 0. The lowest BCUT2D eigenvalue weighted by molar-refractivity contribution is -0.129. The lowest BCUT2D eigenvalue weighted by Gasteiger charge is -2.26. The van der Waals surface area contributed by atoms with Crippen LogP contribution in [0.3, 0.4) is 0 Å². The van der Waals surface area contributed by atoms with Crippen molar-refractivity contribution in [3.05, 3.63) is 35.4 Å². The molecule has 21 heavy (non-hydrogen) atoms. The van der Waals surface area contributed by atoms with E-state index in [0.717, 1.165) is 12.8 Å². The quantitative estimate of drug-likeness (QED) is 0.754. The van der Waals surface area contributed by atoms with Crippen molar-refractivity contribution >= 4 is 11.8 Å². The van der Waals surface area contributed by atoms with Crippen LogP contribution in [0.5, 0.6) is 0 Å². The third kappa shape index (κ3) is 3.42. The lowest BCUT2D eigenvalue weighted by Crippen LogP contribution is -2.53. The number of benzene rings is 1. The highest BCUT2D eigenvalue weighted by molar-refractivity contribution is 5.90. The van der Waals surface area contributed by atoms with Gasteiger partial charge in [0.25, 0.3) is 0 Å². The number of hydrogen-bond donors (Lipinski definition) is 3. The Morgan fingerprint density at radius 3 is 2.67 bits per heavy atom. The summed E-state index contributed by atoms with van der Waals surface area (Å²) in [5, 5.41) is 8.93. The summed E-state index contributed by atoms with van der Waals surface area (Å²) in [6.07, 6.45) is 2.76. The van der Waals surface area contributed by atoms with Crippen LogP contribution in [0.4, 0.5) is 0 Å². The Morgan fingerprint density at radius 2 is 1.95 bits per heavy atom. The van der Waals surface area contributed by atoms with Crippen molar-refractivity contribution in [2.75, 3.05) is 0 Å². The highest BCUT2D eigenvalue weighted by atomic mass is 16.2. The van der Waals surface area contributed by atoms with E-state index in [9.17, 15) is 9.59 Å². The number of carbonyl (C=O) groups excluding carboxylic acids is 2. The summed E-state index contributed by atoms with van der Waals surface area (Å²) >= 11 is 0. The minimum absolute atomic E-state index is 0.0953. The Balaban J connectivity index is 1.55. The fourth-order valence-corrected chi connectivity index (χ4v) is 2.57. The van der Waals surface area contributed by atoms with Crippen LogP contribution in [0.1, 0.15) is 30.9 Å². The van der Waals surface area contributed by atoms with Crippen LogP contribution in [0.25, 0.3) is 0 Å². The molecule has 0 bridgehead atoms. The van der Waals surface area contributed by atoms with Crippen LogP contribution in [0.15, 0.2) is 24.3 Å². The molecule has 2 amide bonds. The largest absolute Gasteiger partial charge is 0.352 e. The van der Waals surface area contributed by atoms with Crippen LogP contribution in [0, 0.1) is 0 Å². The fourth-order valence-electron chi connectivity index (χ4n) is 2.57. The predicted octanol–water partition coefficient (Wildman–Crippen LogP) is 0.484. The number of carbonyl (C=O) groups is 2. The summed E-state index contributed by atoms with van der Waals surface area (Å²) in [5.41, 5.74) is 2.44. The first-order chi connectivity index (χ1) is 10.1. The van der Waals surface area contributed by atoms with Crippen LogP contribution in [-0.2, 0) is 22.6 Å². The number of rotatable bonds is 4. The maximum Gasteiger partial charge on any atom is 0.242 e. The molecule has 0 spiro atoms.